The zero-order chi connectivity index (χ0) is 8.97. The Bertz CT molecular complexity index is 125. The second-order valence-electron chi connectivity index (χ2n) is 3.59. The number of rotatable bonds is 3. The molecule has 3 nitrogen and oxygen atoms in total. The van der Waals surface area contributed by atoms with Crippen LogP contribution in [0, 0.1) is 0 Å². The summed E-state index contributed by atoms with van der Waals surface area (Å²) in [6, 6.07) is 1.28. The van der Waals surface area contributed by atoms with Gasteiger partial charge in [-0.3, -0.25) is 4.90 Å². The molecule has 2 unspecified atom stereocenters. The van der Waals surface area contributed by atoms with E-state index in [1.54, 1.807) is 7.11 Å². The Kier molecular flexibility index (Phi) is 6.68. The average Bonchev–Trinajstić information content (AvgIpc) is 2.04. The van der Waals surface area contributed by atoms with Crippen molar-refractivity contribution in [2.75, 3.05) is 33.4 Å². The van der Waals surface area contributed by atoms with Gasteiger partial charge in [-0.25, -0.2) is 0 Å². The van der Waals surface area contributed by atoms with E-state index >= 15 is 0 Å². The van der Waals surface area contributed by atoms with E-state index < -0.39 is 0 Å². The first-order valence-corrected chi connectivity index (χ1v) is 4.71. The topological polar surface area (TPSA) is 24.5 Å². The lowest BCUT2D eigenvalue weighted by Gasteiger charge is -2.39. The van der Waals surface area contributed by atoms with Gasteiger partial charge >= 0.3 is 0 Å². The molecular formula is C9H21ClN2O. The molecule has 1 aliphatic heterocycles. The number of piperazine rings is 1. The number of nitrogens with one attached hydrogen (secondary N) is 1. The highest BCUT2D eigenvalue weighted by atomic mass is 35.5. The van der Waals surface area contributed by atoms with Crippen LogP contribution in [0.4, 0.5) is 0 Å². The number of methoxy groups -OCH3 is 1. The molecule has 1 N–H and O–H groups in total. The van der Waals surface area contributed by atoms with Gasteiger partial charge in [0, 0.05) is 38.8 Å². The molecule has 0 spiro atoms. The number of hydrogen-bond acceptors (Lipinski definition) is 3. The summed E-state index contributed by atoms with van der Waals surface area (Å²) in [6.07, 6.45) is 0. The molecule has 1 saturated heterocycles. The van der Waals surface area contributed by atoms with Gasteiger partial charge in [0.25, 0.3) is 0 Å². The van der Waals surface area contributed by atoms with E-state index in [4.69, 9.17) is 4.74 Å². The zero-order valence-electron chi connectivity index (χ0n) is 8.75. The summed E-state index contributed by atoms with van der Waals surface area (Å²) in [5.74, 6) is 0. The Balaban J connectivity index is 0.00000144. The predicted molar refractivity (Wildman–Crippen MR) is 57.6 cm³/mol. The minimum Gasteiger partial charge on any atom is -0.383 e. The average molecular weight is 209 g/mol. The highest BCUT2D eigenvalue weighted by Gasteiger charge is 2.23. The second-order valence-corrected chi connectivity index (χ2v) is 3.59. The molecular weight excluding hydrogens is 188 g/mol. The van der Waals surface area contributed by atoms with Gasteiger partial charge in [0.05, 0.1) is 6.61 Å². The van der Waals surface area contributed by atoms with Crippen molar-refractivity contribution in [3.8, 4) is 0 Å². The molecule has 0 saturated carbocycles. The number of halogens is 1. The van der Waals surface area contributed by atoms with E-state index in [1.165, 1.54) is 0 Å². The van der Waals surface area contributed by atoms with E-state index in [9.17, 15) is 0 Å². The van der Waals surface area contributed by atoms with Gasteiger partial charge in [0.15, 0.2) is 0 Å². The third kappa shape index (κ3) is 3.81. The summed E-state index contributed by atoms with van der Waals surface area (Å²) in [4.78, 5) is 2.50. The van der Waals surface area contributed by atoms with Crippen LogP contribution in [-0.4, -0.2) is 50.3 Å². The van der Waals surface area contributed by atoms with Gasteiger partial charge in [-0.15, -0.1) is 12.4 Å². The third-order valence-corrected chi connectivity index (χ3v) is 2.57. The van der Waals surface area contributed by atoms with Crippen molar-refractivity contribution in [2.24, 2.45) is 0 Å². The molecule has 0 aromatic heterocycles. The van der Waals surface area contributed by atoms with Gasteiger partial charge in [-0.2, -0.15) is 0 Å². The lowest BCUT2D eigenvalue weighted by molar-refractivity contribution is 0.0758. The van der Waals surface area contributed by atoms with E-state index in [1.807, 2.05) is 0 Å². The minimum atomic E-state index is 0. The van der Waals surface area contributed by atoms with Crippen molar-refractivity contribution in [3.63, 3.8) is 0 Å². The van der Waals surface area contributed by atoms with Crippen LogP contribution in [0.3, 0.4) is 0 Å². The molecule has 0 aromatic rings. The molecule has 0 radical (unpaired) electrons. The lowest BCUT2D eigenvalue weighted by atomic mass is 10.1. The van der Waals surface area contributed by atoms with Crippen molar-refractivity contribution < 1.29 is 4.74 Å². The molecule has 0 aromatic carbocycles. The summed E-state index contributed by atoms with van der Waals surface area (Å²) < 4.78 is 5.08. The van der Waals surface area contributed by atoms with Gasteiger partial charge < -0.3 is 10.1 Å². The molecule has 0 bridgehead atoms. The van der Waals surface area contributed by atoms with Crippen molar-refractivity contribution in [1.29, 1.82) is 0 Å². The molecule has 1 fully saturated rings. The molecule has 80 valence electrons. The van der Waals surface area contributed by atoms with Gasteiger partial charge in [-0.05, 0) is 13.8 Å². The number of nitrogens with zero attached hydrogens (tertiary/aromatic N) is 1. The Labute approximate surface area is 87.2 Å². The third-order valence-electron chi connectivity index (χ3n) is 2.57. The van der Waals surface area contributed by atoms with Crippen LogP contribution in [0.5, 0.6) is 0 Å². The van der Waals surface area contributed by atoms with E-state index in [-0.39, 0.29) is 12.4 Å². The highest BCUT2D eigenvalue weighted by molar-refractivity contribution is 5.85. The summed E-state index contributed by atoms with van der Waals surface area (Å²) in [5.41, 5.74) is 0. The summed E-state index contributed by atoms with van der Waals surface area (Å²) in [5, 5.41) is 3.41. The van der Waals surface area contributed by atoms with E-state index in [2.05, 4.69) is 24.1 Å². The van der Waals surface area contributed by atoms with E-state index in [0.717, 1.165) is 26.2 Å². The zero-order valence-corrected chi connectivity index (χ0v) is 9.56. The Morgan fingerprint density at radius 1 is 1.31 bits per heavy atom. The number of ether oxygens (including phenoxy) is 1. The molecule has 2 atom stereocenters. The largest absolute Gasteiger partial charge is 0.383 e. The standard InChI is InChI=1S/C9H20N2O.ClH/c1-8-6-10-7-9(2)11(8)4-5-12-3;/h8-10H,4-7H2,1-3H3;1H. The van der Waals surface area contributed by atoms with Crippen LogP contribution in [0.15, 0.2) is 0 Å². The first-order chi connectivity index (χ1) is 5.75. The van der Waals surface area contributed by atoms with Crippen LogP contribution in [-0.2, 0) is 4.74 Å². The summed E-state index contributed by atoms with van der Waals surface area (Å²) >= 11 is 0. The lowest BCUT2D eigenvalue weighted by Crippen LogP contribution is -2.55. The molecule has 1 heterocycles. The Morgan fingerprint density at radius 3 is 2.31 bits per heavy atom. The monoisotopic (exact) mass is 208 g/mol. The molecule has 4 heteroatoms. The quantitative estimate of drug-likeness (QED) is 0.741. The van der Waals surface area contributed by atoms with Crippen molar-refractivity contribution in [1.82, 2.24) is 10.2 Å². The number of hydrogen-bond donors (Lipinski definition) is 1. The fourth-order valence-corrected chi connectivity index (χ4v) is 1.81. The predicted octanol–water partition coefficient (Wildman–Crippen LogP) is 0.737. The van der Waals surface area contributed by atoms with Gasteiger partial charge in [0.2, 0.25) is 0 Å². The van der Waals surface area contributed by atoms with Crippen LogP contribution >= 0.6 is 12.4 Å². The maximum absolute atomic E-state index is 5.08. The van der Waals surface area contributed by atoms with Gasteiger partial charge in [-0.1, -0.05) is 0 Å². The Hall–Kier alpha value is 0.170. The fraction of sp³-hybridized carbons (Fsp3) is 1.00. The van der Waals surface area contributed by atoms with Crippen LogP contribution in [0.1, 0.15) is 13.8 Å². The first kappa shape index (κ1) is 13.2. The molecule has 1 rings (SSSR count). The van der Waals surface area contributed by atoms with Crippen LogP contribution < -0.4 is 5.32 Å². The summed E-state index contributed by atoms with van der Waals surface area (Å²) in [6.45, 7) is 8.63. The van der Waals surface area contributed by atoms with Crippen molar-refractivity contribution in [3.05, 3.63) is 0 Å². The molecule has 0 amide bonds. The summed E-state index contributed by atoms with van der Waals surface area (Å²) in [7, 11) is 1.76. The van der Waals surface area contributed by atoms with Crippen molar-refractivity contribution >= 4 is 12.4 Å². The molecule has 0 aliphatic carbocycles. The van der Waals surface area contributed by atoms with Crippen LogP contribution in [0.2, 0.25) is 0 Å². The molecule has 1 aliphatic rings. The van der Waals surface area contributed by atoms with Crippen LogP contribution in [0.25, 0.3) is 0 Å². The molecule has 13 heavy (non-hydrogen) atoms. The van der Waals surface area contributed by atoms with Crippen molar-refractivity contribution in [2.45, 2.75) is 25.9 Å². The normalized spacial score (nSPS) is 29.8. The maximum atomic E-state index is 5.08. The van der Waals surface area contributed by atoms with E-state index in [0.29, 0.717) is 12.1 Å². The highest BCUT2D eigenvalue weighted by Crippen LogP contribution is 2.08. The fourth-order valence-electron chi connectivity index (χ4n) is 1.81. The smallest absolute Gasteiger partial charge is 0.0589 e. The minimum absolute atomic E-state index is 0. The Morgan fingerprint density at radius 2 is 1.85 bits per heavy atom. The van der Waals surface area contributed by atoms with Gasteiger partial charge in [0.1, 0.15) is 0 Å². The SMILES string of the molecule is COCCN1C(C)CNCC1C.Cl. The maximum Gasteiger partial charge on any atom is 0.0589 e. The first-order valence-electron chi connectivity index (χ1n) is 4.71. The second kappa shape index (κ2) is 6.60.